The molecule has 1 heterocycles. The first-order valence-corrected chi connectivity index (χ1v) is 14.5. The van der Waals surface area contributed by atoms with E-state index in [9.17, 15) is 0 Å². The highest BCUT2D eigenvalue weighted by molar-refractivity contribution is 6.11. The Morgan fingerprint density at radius 3 is 2.02 bits per heavy atom. The van der Waals surface area contributed by atoms with E-state index in [2.05, 4.69) is 159 Å². The van der Waals surface area contributed by atoms with Crippen LogP contribution in [0, 0.1) is 6.92 Å². The summed E-state index contributed by atoms with van der Waals surface area (Å²) in [7, 11) is 0. The molecule has 0 aliphatic heterocycles. The van der Waals surface area contributed by atoms with Gasteiger partial charge in [0.05, 0.1) is 16.7 Å². The van der Waals surface area contributed by atoms with Crippen molar-refractivity contribution < 1.29 is 0 Å². The SMILES string of the molecule is Cc1ccccc1-c1cccc(-c2ccc3c(c2)c2ccccc2n3-c2cccc3c2-c2ccccc2C3(C)C)c1. The fourth-order valence-corrected chi connectivity index (χ4v) is 7.10. The molecule has 0 fully saturated rings. The van der Waals surface area contributed by atoms with Crippen LogP contribution in [-0.4, -0.2) is 4.57 Å². The third-order valence-corrected chi connectivity index (χ3v) is 9.15. The molecule has 6 aromatic carbocycles. The lowest BCUT2D eigenvalue weighted by Crippen LogP contribution is -2.14. The molecule has 1 nitrogen and oxygen atoms in total. The minimum atomic E-state index is -0.0318. The molecular formula is C40H31N. The lowest BCUT2D eigenvalue weighted by Gasteiger charge is -2.21. The van der Waals surface area contributed by atoms with Crippen LogP contribution in [0.15, 0.2) is 133 Å². The zero-order chi connectivity index (χ0) is 27.7. The number of hydrogen-bond acceptors (Lipinski definition) is 0. The summed E-state index contributed by atoms with van der Waals surface area (Å²) in [4.78, 5) is 0. The molecule has 7 aromatic rings. The van der Waals surface area contributed by atoms with Crippen molar-refractivity contribution in [1.29, 1.82) is 0 Å². The fourth-order valence-electron chi connectivity index (χ4n) is 7.10. The average molecular weight is 526 g/mol. The number of rotatable bonds is 3. The first-order chi connectivity index (χ1) is 20.0. The Hall–Kier alpha value is -4.88. The van der Waals surface area contributed by atoms with E-state index in [1.807, 2.05) is 0 Å². The Labute approximate surface area is 241 Å². The molecule has 0 bridgehead atoms. The number of hydrogen-bond donors (Lipinski definition) is 0. The normalized spacial score (nSPS) is 13.4. The molecule has 1 aliphatic carbocycles. The third kappa shape index (κ3) is 3.49. The Morgan fingerprint density at radius 1 is 0.488 bits per heavy atom. The summed E-state index contributed by atoms with van der Waals surface area (Å²) in [5.41, 5.74) is 15.5. The van der Waals surface area contributed by atoms with Gasteiger partial charge in [0.2, 0.25) is 0 Å². The van der Waals surface area contributed by atoms with E-state index in [1.165, 1.54) is 77.6 Å². The highest BCUT2D eigenvalue weighted by Crippen LogP contribution is 2.51. The Kier molecular flexibility index (Phi) is 5.15. The van der Waals surface area contributed by atoms with Crippen molar-refractivity contribution in [3.8, 4) is 39.1 Å². The van der Waals surface area contributed by atoms with Gasteiger partial charge in [0.15, 0.2) is 0 Å². The second kappa shape index (κ2) is 8.81. The Morgan fingerprint density at radius 2 is 1.15 bits per heavy atom. The molecule has 0 amide bonds. The lowest BCUT2D eigenvalue weighted by molar-refractivity contribution is 0.660. The van der Waals surface area contributed by atoms with Gasteiger partial charge in [-0.2, -0.15) is 0 Å². The van der Waals surface area contributed by atoms with E-state index in [0.29, 0.717) is 0 Å². The number of fused-ring (bicyclic) bond motifs is 6. The van der Waals surface area contributed by atoms with Crippen LogP contribution in [0.1, 0.15) is 30.5 Å². The van der Waals surface area contributed by atoms with Crippen molar-refractivity contribution >= 4 is 21.8 Å². The molecule has 1 aromatic heterocycles. The van der Waals surface area contributed by atoms with Gasteiger partial charge in [-0.15, -0.1) is 0 Å². The van der Waals surface area contributed by atoms with Crippen LogP contribution in [0.2, 0.25) is 0 Å². The fraction of sp³-hybridized carbons (Fsp3) is 0.100. The summed E-state index contributed by atoms with van der Waals surface area (Å²) in [6.45, 7) is 6.89. The molecule has 1 aliphatic rings. The van der Waals surface area contributed by atoms with Gasteiger partial charge in [-0.05, 0) is 81.8 Å². The predicted molar refractivity (Wildman–Crippen MR) is 174 cm³/mol. The van der Waals surface area contributed by atoms with Crippen LogP contribution in [0.4, 0.5) is 0 Å². The minimum absolute atomic E-state index is 0.0318. The van der Waals surface area contributed by atoms with Gasteiger partial charge in [0.1, 0.15) is 0 Å². The van der Waals surface area contributed by atoms with Crippen molar-refractivity contribution in [2.24, 2.45) is 0 Å². The van der Waals surface area contributed by atoms with E-state index >= 15 is 0 Å². The Balaban J connectivity index is 1.36. The molecule has 41 heavy (non-hydrogen) atoms. The van der Waals surface area contributed by atoms with Crippen LogP contribution in [-0.2, 0) is 5.41 Å². The molecule has 0 N–H and O–H groups in total. The Bertz CT molecular complexity index is 2140. The summed E-state index contributed by atoms with van der Waals surface area (Å²) in [6.07, 6.45) is 0. The lowest BCUT2D eigenvalue weighted by atomic mass is 9.82. The third-order valence-electron chi connectivity index (χ3n) is 9.15. The zero-order valence-electron chi connectivity index (χ0n) is 23.6. The van der Waals surface area contributed by atoms with Crippen LogP contribution >= 0.6 is 0 Å². The standard InChI is InChI=1S/C40H31N/c1-26-12-4-5-15-30(26)29-14-10-13-27(24-29)28-22-23-37-33(25-28)31-16-7-9-20-36(31)41(37)38-21-11-19-35-39(38)32-17-6-8-18-34(32)40(35,2)3/h4-25H,1-3H3. The van der Waals surface area contributed by atoms with E-state index in [0.717, 1.165) is 0 Å². The largest absolute Gasteiger partial charge is 0.309 e. The number of aromatic nitrogens is 1. The van der Waals surface area contributed by atoms with Crippen LogP contribution in [0.25, 0.3) is 60.9 Å². The molecule has 0 saturated heterocycles. The minimum Gasteiger partial charge on any atom is -0.309 e. The molecule has 1 heteroatoms. The van der Waals surface area contributed by atoms with Crippen molar-refractivity contribution in [1.82, 2.24) is 4.57 Å². The molecule has 0 spiro atoms. The monoisotopic (exact) mass is 525 g/mol. The molecule has 0 unspecified atom stereocenters. The first-order valence-electron chi connectivity index (χ1n) is 14.5. The van der Waals surface area contributed by atoms with Gasteiger partial charge >= 0.3 is 0 Å². The topological polar surface area (TPSA) is 4.93 Å². The number of aryl methyl sites for hydroxylation is 1. The van der Waals surface area contributed by atoms with Gasteiger partial charge in [0.25, 0.3) is 0 Å². The van der Waals surface area contributed by atoms with Crippen molar-refractivity contribution in [2.75, 3.05) is 0 Å². The molecule has 0 atom stereocenters. The summed E-state index contributed by atoms with van der Waals surface area (Å²) in [6, 6.07) is 49.2. The summed E-state index contributed by atoms with van der Waals surface area (Å²) in [5.74, 6) is 0. The molecule has 0 radical (unpaired) electrons. The summed E-state index contributed by atoms with van der Waals surface area (Å²) in [5, 5.41) is 2.56. The van der Waals surface area contributed by atoms with E-state index in [1.54, 1.807) is 0 Å². The van der Waals surface area contributed by atoms with Gasteiger partial charge in [-0.25, -0.2) is 0 Å². The van der Waals surface area contributed by atoms with Crippen molar-refractivity contribution in [3.63, 3.8) is 0 Å². The maximum absolute atomic E-state index is 2.48. The summed E-state index contributed by atoms with van der Waals surface area (Å²) >= 11 is 0. The van der Waals surface area contributed by atoms with Crippen LogP contribution in [0.5, 0.6) is 0 Å². The second-order valence-corrected chi connectivity index (χ2v) is 11.9. The zero-order valence-corrected chi connectivity index (χ0v) is 23.6. The number of para-hydroxylation sites is 1. The van der Waals surface area contributed by atoms with Crippen molar-refractivity contribution in [2.45, 2.75) is 26.2 Å². The van der Waals surface area contributed by atoms with Crippen molar-refractivity contribution in [3.05, 3.63) is 150 Å². The first kappa shape index (κ1) is 24.0. The highest BCUT2D eigenvalue weighted by atomic mass is 15.0. The predicted octanol–water partition coefficient (Wildman–Crippen LogP) is 10.7. The van der Waals surface area contributed by atoms with Crippen LogP contribution < -0.4 is 0 Å². The average Bonchev–Trinajstić information content (AvgIpc) is 3.46. The molecular weight excluding hydrogens is 494 g/mol. The quantitative estimate of drug-likeness (QED) is 0.216. The number of benzene rings is 6. The second-order valence-electron chi connectivity index (χ2n) is 11.9. The molecule has 8 rings (SSSR count). The summed E-state index contributed by atoms with van der Waals surface area (Å²) < 4.78 is 2.48. The van der Waals surface area contributed by atoms with Gasteiger partial charge < -0.3 is 4.57 Å². The van der Waals surface area contributed by atoms with E-state index in [4.69, 9.17) is 0 Å². The van der Waals surface area contributed by atoms with Gasteiger partial charge in [-0.1, -0.05) is 117 Å². The van der Waals surface area contributed by atoms with E-state index < -0.39 is 0 Å². The molecule has 0 saturated carbocycles. The highest BCUT2D eigenvalue weighted by Gasteiger charge is 2.37. The maximum Gasteiger partial charge on any atom is 0.0543 e. The van der Waals surface area contributed by atoms with E-state index in [-0.39, 0.29) is 5.41 Å². The van der Waals surface area contributed by atoms with Crippen LogP contribution in [0.3, 0.4) is 0 Å². The molecule has 196 valence electrons. The maximum atomic E-state index is 2.48. The number of nitrogens with zero attached hydrogens (tertiary/aromatic N) is 1. The smallest absolute Gasteiger partial charge is 0.0543 e. The van der Waals surface area contributed by atoms with Gasteiger partial charge in [-0.3, -0.25) is 0 Å². The van der Waals surface area contributed by atoms with Gasteiger partial charge in [0, 0.05) is 21.8 Å².